The lowest BCUT2D eigenvalue weighted by atomic mass is 10.2. The summed E-state index contributed by atoms with van der Waals surface area (Å²) in [5.74, 6) is 0. The average Bonchev–Trinajstić information content (AvgIpc) is 3.01. The zero-order valence-corrected chi connectivity index (χ0v) is 9.54. The highest BCUT2D eigenvalue weighted by molar-refractivity contribution is 7.80. The van der Waals surface area contributed by atoms with Gasteiger partial charge in [-0.25, -0.2) is 0 Å². The van der Waals surface area contributed by atoms with Crippen molar-refractivity contribution in [2.24, 2.45) is 5.73 Å². The molecule has 0 amide bonds. The maximum atomic E-state index is 5.60. The monoisotopic (exact) mass is 220 g/mol. The van der Waals surface area contributed by atoms with Crippen molar-refractivity contribution in [3.8, 4) is 0 Å². The van der Waals surface area contributed by atoms with E-state index in [1.54, 1.807) is 0 Å². The van der Waals surface area contributed by atoms with E-state index in [0.717, 1.165) is 13.1 Å². The van der Waals surface area contributed by atoms with Crippen molar-refractivity contribution in [1.29, 1.82) is 0 Å². The molecule has 0 aliphatic heterocycles. The Bertz CT molecular complexity index is 333. The van der Waals surface area contributed by atoms with Gasteiger partial charge in [-0.1, -0.05) is 42.5 Å². The lowest BCUT2D eigenvalue weighted by Crippen LogP contribution is -2.33. The highest BCUT2D eigenvalue weighted by atomic mass is 32.1. The molecule has 15 heavy (non-hydrogen) atoms. The Hall–Kier alpha value is -0.930. The third-order valence-electron chi connectivity index (χ3n) is 2.65. The molecule has 0 bridgehead atoms. The van der Waals surface area contributed by atoms with E-state index in [2.05, 4.69) is 29.2 Å². The summed E-state index contributed by atoms with van der Waals surface area (Å²) in [5, 5.41) is 0. The topological polar surface area (TPSA) is 29.3 Å². The van der Waals surface area contributed by atoms with Gasteiger partial charge in [0.25, 0.3) is 0 Å². The van der Waals surface area contributed by atoms with E-state index in [0.29, 0.717) is 11.0 Å². The zero-order chi connectivity index (χ0) is 10.7. The number of benzene rings is 1. The Morgan fingerprint density at radius 2 is 2.00 bits per heavy atom. The molecule has 1 saturated carbocycles. The lowest BCUT2D eigenvalue weighted by Gasteiger charge is -2.21. The zero-order valence-electron chi connectivity index (χ0n) is 8.73. The second kappa shape index (κ2) is 4.73. The Morgan fingerprint density at radius 1 is 1.33 bits per heavy atom. The van der Waals surface area contributed by atoms with Crippen LogP contribution in [0.2, 0.25) is 0 Å². The molecule has 0 heterocycles. The van der Waals surface area contributed by atoms with Crippen molar-refractivity contribution in [1.82, 2.24) is 4.90 Å². The second-order valence-corrected chi connectivity index (χ2v) is 4.61. The molecular weight excluding hydrogens is 204 g/mol. The Labute approximate surface area is 96.1 Å². The number of rotatable bonds is 5. The van der Waals surface area contributed by atoms with Gasteiger partial charge in [-0.15, -0.1) is 0 Å². The van der Waals surface area contributed by atoms with E-state index in [9.17, 15) is 0 Å². The number of nitrogens with two attached hydrogens (primary N) is 1. The van der Waals surface area contributed by atoms with Crippen LogP contribution in [0.25, 0.3) is 0 Å². The lowest BCUT2D eigenvalue weighted by molar-refractivity contribution is 0.293. The van der Waals surface area contributed by atoms with Crippen LogP contribution in [0.15, 0.2) is 30.3 Å². The van der Waals surface area contributed by atoms with Gasteiger partial charge in [-0.3, -0.25) is 4.90 Å². The van der Waals surface area contributed by atoms with Crippen molar-refractivity contribution in [3.63, 3.8) is 0 Å². The minimum atomic E-state index is 0.595. The summed E-state index contributed by atoms with van der Waals surface area (Å²) in [6.45, 7) is 1.71. The molecular formula is C12H16N2S. The number of hydrogen-bond donors (Lipinski definition) is 1. The predicted molar refractivity (Wildman–Crippen MR) is 66.7 cm³/mol. The van der Waals surface area contributed by atoms with Gasteiger partial charge in [-0.2, -0.15) is 0 Å². The van der Waals surface area contributed by atoms with E-state index in [1.807, 2.05) is 6.07 Å². The van der Waals surface area contributed by atoms with Crippen LogP contribution < -0.4 is 5.73 Å². The van der Waals surface area contributed by atoms with Crippen LogP contribution in [-0.2, 0) is 6.54 Å². The second-order valence-electron chi connectivity index (χ2n) is 4.09. The molecule has 1 aliphatic carbocycles. The summed E-state index contributed by atoms with van der Waals surface area (Å²) in [7, 11) is 0. The van der Waals surface area contributed by atoms with Crippen LogP contribution in [0.1, 0.15) is 18.4 Å². The summed E-state index contributed by atoms with van der Waals surface area (Å²) in [5.41, 5.74) is 6.94. The van der Waals surface area contributed by atoms with Crippen molar-refractivity contribution in [2.75, 3.05) is 6.54 Å². The Balaban J connectivity index is 1.97. The Kier molecular flexibility index (Phi) is 3.34. The molecule has 1 aromatic carbocycles. The van der Waals surface area contributed by atoms with E-state index in [4.69, 9.17) is 18.0 Å². The van der Waals surface area contributed by atoms with Crippen molar-refractivity contribution < 1.29 is 0 Å². The molecule has 0 atom stereocenters. The molecule has 3 heteroatoms. The standard InChI is InChI=1S/C12H16N2S/c13-12(15)9-14(11-6-7-11)8-10-4-2-1-3-5-10/h1-5,11H,6-9H2,(H2,13,15). The first-order chi connectivity index (χ1) is 7.25. The molecule has 80 valence electrons. The van der Waals surface area contributed by atoms with Crippen molar-refractivity contribution in [2.45, 2.75) is 25.4 Å². The molecule has 0 aromatic heterocycles. The molecule has 2 rings (SSSR count). The van der Waals surface area contributed by atoms with E-state index in [1.165, 1.54) is 18.4 Å². The summed E-state index contributed by atoms with van der Waals surface area (Å²) in [6, 6.07) is 11.2. The molecule has 2 N–H and O–H groups in total. The van der Waals surface area contributed by atoms with Gasteiger partial charge in [-0.05, 0) is 18.4 Å². The number of hydrogen-bond acceptors (Lipinski definition) is 2. The minimum absolute atomic E-state index is 0.595. The molecule has 0 unspecified atom stereocenters. The molecule has 0 radical (unpaired) electrons. The fraction of sp³-hybridized carbons (Fsp3) is 0.417. The molecule has 1 aromatic rings. The molecule has 2 nitrogen and oxygen atoms in total. The van der Waals surface area contributed by atoms with E-state index < -0.39 is 0 Å². The van der Waals surface area contributed by atoms with Crippen LogP contribution in [0, 0.1) is 0 Å². The predicted octanol–water partition coefficient (Wildman–Crippen LogP) is 1.94. The fourth-order valence-electron chi connectivity index (χ4n) is 1.77. The third-order valence-corrected chi connectivity index (χ3v) is 2.78. The SMILES string of the molecule is NC(=S)CN(Cc1ccccc1)C1CC1. The number of thiocarbonyl (C=S) groups is 1. The quantitative estimate of drug-likeness (QED) is 0.769. The Morgan fingerprint density at radius 3 is 2.53 bits per heavy atom. The smallest absolute Gasteiger partial charge is 0.0870 e. The summed E-state index contributed by atoms with van der Waals surface area (Å²) in [4.78, 5) is 2.97. The van der Waals surface area contributed by atoms with Crippen molar-refractivity contribution >= 4 is 17.2 Å². The van der Waals surface area contributed by atoms with Crippen LogP contribution >= 0.6 is 12.2 Å². The minimum Gasteiger partial charge on any atom is -0.392 e. The van der Waals surface area contributed by atoms with Crippen LogP contribution in [0.4, 0.5) is 0 Å². The van der Waals surface area contributed by atoms with E-state index in [-0.39, 0.29) is 0 Å². The van der Waals surface area contributed by atoms with Crippen LogP contribution in [-0.4, -0.2) is 22.5 Å². The molecule has 0 saturated heterocycles. The van der Waals surface area contributed by atoms with Gasteiger partial charge in [0.15, 0.2) is 0 Å². The van der Waals surface area contributed by atoms with Crippen molar-refractivity contribution in [3.05, 3.63) is 35.9 Å². The summed E-state index contributed by atoms with van der Waals surface area (Å²) in [6.07, 6.45) is 2.57. The van der Waals surface area contributed by atoms with Gasteiger partial charge >= 0.3 is 0 Å². The number of nitrogens with zero attached hydrogens (tertiary/aromatic N) is 1. The van der Waals surface area contributed by atoms with Gasteiger partial charge in [0.05, 0.1) is 4.99 Å². The molecule has 0 spiro atoms. The van der Waals surface area contributed by atoms with E-state index >= 15 is 0 Å². The maximum absolute atomic E-state index is 5.60. The average molecular weight is 220 g/mol. The third kappa shape index (κ3) is 3.29. The first kappa shape index (κ1) is 10.6. The highest BCUT2D eigenvalue weighted by Gasteiger charge is 2.28. The van der Waals surface area contributed by atoms with Crippen LogP contribution in [0.5, 0.6) is 0 Å². The van der Waals surface area contributed by atoms with Gasteiger partial charge in [0.2, 0.25) is 0 Å². The normalized spacial score (nSPS) is 15.5. The summed E-state index contributed by atoms with van der Waals surface area (Å²) >= 11 is 4.97. The highest BCUT2D eigenvalue weighted by Crippen LogP contribution is 2.27. The molecule has 1 fully saturated rings. The van der Waals surface area contributed by atoms with Crippen LogP contribution in [0.3, 0.4) is 0 Å². The van der Waals surface area contributed by atoms with Gasteiger partial charge < -0.3 is 5.73 Å². The van der Waals surface area contributed by atoms with Gasteiger partial charge in [0.1, 0.15) is 0 Å². The maximum Gasteiger partial charge on any atom is 0.0870 e. The largest absolute Gasteiger partial charge is 0.392 e. The first-order valence-corrected chi connectivity index (χ1v) is 5.73. The summed E-state index contributed by atoms with van der Waals surface area (Å²) < 4.78 is 0. The fourth-order valence-corrected chi connectivity index (χ4v) is 1.94. The van der Waals surface area contributed by atoms with Gasteiger partial charge in [0, 0.05) is 19.1 Å². The first-order valence-electron chi connectivity index (χ1n) is 5.32. The molecule has 1 aliphatic rings.